The van der Waals surface area contributed by atoms with Gasteiger partial charge in [0, 0.05) is 13.1 Å². The molecule has 72 valence electrons. The molecule has 2 rings (SSSR count). The van der Waals surface area contributed by atoms with E-state index < -0.39 is 5.82 Å². The number of nitriles is 1. The number of nitrogens with zero attached hydrogens (tertiary/aromatic N) is 2. The van der Waals surface area contributed by atoms with Gasteiger partial charge in [0.2, 0.25) is 0 Å². The van der Waals surface area contributed by atoms with Gasteiger partial charge in [-0.2, -0.15) is 5.26 Å². The van der Waals surface area contributed by atoms with Crippen molar-refractivity contribution < 1.29 is 9.50 Å². The number of anilines is 1. The normalized spacial score (nSPS) is 16.2. The van der Waals surface area contributed by atoms with Gasteiger partial charge >= 0.3 is 0 Å². The van der Waals surface area contributed by atoms with Crippen LogP contribution in [0.15, 0.2) is 18.2 Å². The van der Waals surface area contributed by atoms with Crippen LogP contribution in [-0.4, -0.2) is 24.3 Å². The summed E-state index contributed by atoms with van der Waals surface area (Å²) in [5, 5.41) is 17.6. The fraction of sp³-hybridized carbons (Fsp3) is 0.300. The molecule has 0 aliphatic carbocycles. The van der Waals surface area contributed by atoms with E-state index in [0.29, 0.717) is 24.3 Å². The number of aliphatic hydroxyl groups excluding tert-OH is 1. The Balaban J connectivity index is 2.24. The zero-order valence-corrected chi connectivity index (χ0v) is 7.44. The second kappa shape index (κ2) is 3.28. The van der Waals surface area contributed by atoms with Crippen LogP contribution in [0.4, 0.5) is 10.1 Å². The van der Waals surface area contributed by atoms with Crippen LogP contribution in [0.25, 0.3) is 0 Å². The zero-order chi connectivity index (χ0) is 10.1. The van der Waals surface area contributed by atoms with E-state index in [9.17, 15) is 4.39 Å². The summed E-state index contributed by atoms with van der Waals surface area (Å²) in [5.74, 6) is -0.407. The Hall–Kier alpha value is -1.60. The second-order valence-electron chi connectivity index (χ2n) is 3.34. The van der Waals surface area contributed by atoms with Gasteiger partial charge in [0.05, 0.1) is 23.4 Å². The SMILES string of the molecule is N#Cc1ccc(N2CC(O)C2)c(F)c1. The van der Waals surface area contributed by atoms with Gasteiger partial charge in [0.1, 0.15) is 5.82 Å². The van der Waals surface area contributed by atoms with Crippen LogP contribution >= 0.6 is 0 Å². The van der Waals surface area contributed by atoms with Crippen LogP contribution in [0.1, 0.15) is 5.56 Å². The largest absolute Gasteiger partial charge is 0.389 e. The van der Waals surface area contributed by atoms with Crippen molar-refractivity contribution in [1.29, 1.82) is 5.26 Å². The molecule has 0 unspecified atom stereocenters. The molecular formula is C10H9FN2O. The maximum atomic E-state index is 13.4. The molecule has 0 spiro atoms. The number of benzene rings is 1. The first-order valence-corrected chi connectivity index (χ1v) is 4.33. The van der Waals surface area contributed by atoms with E-state index in [1.165, 1.54) is 6.07 Å². The molecule has 1 fully saturated rings. The molecule has 4 heteroatoms. The van der Waals surface area contributed by atoms with Crippen molar-refractivity contribution >= 4 is 5.69 Å². The standard InChI is InChI=1S/C10H9FN2O/c11-9-3-7(4-12)1-2-10(9)13-5-8(14)6-13/h1-3,8,14H,5-6H2. The lowest BCUT2D eigenvalue weighted by atomic mass is 10.1. The van der Waals surface area contributed by atoms with E-state index in [-0.39, 0.29) is 6.10 Å². The average Bonchev–Trinajstić information content (AvgIpc) is 2.13. The highest BCUT2D eigenvalue weighted by Gasteiger charge is 2.26. The van der Waals surface area contributed by atoms with Gasteiger partial charge < -0.3 is 10.0 Å². The number of hydrogen-bond acceptors (Lipinski definition) is 3. The van der Waals surface area contributed by atoms with Crippen molar-refractivity contribution in [2.75, 3.05) is 18.0 Å². The topological polar surface area (TPSA) is 47.3 Å². The fourth-order valence-corrected chi connectivity index (χ4v) is 1.48. The number of hydrogen-bond donors (Lipinski definition) is 1. The summed E-state index contributed by atoms with van der Waals surface area (Å²) in [5.41, 5.74) is 0.765. The molecule has 1 aromatic carbocycles. The third-order valence-corrected chi connectivity index (χ3v) is 2.28. The molecule has 0 atom stereocenters. The summed E-state index contributed by atoms with van der Waals surface area (Å²) in [6, 6.07) is 6.22. The van der Waals surface area contributed by atoms with E-state index in [1.54, 1.807) is 17.0 Å². The predicted octanol–water partition coefficient (Wildman–Crippen LogP) is 0.878. The van der Waals surface area contributed by atoms with Gasteiger partial charge in [-0.25, -0.2) is 4.39 Å². The van der Waals surface area contributed by atoms with Crippen molar-refractivity contribution in [2.45, 2.75) is 6.10 Å². The summed E-state index contributed by atoms with van der Waals surface area (Å²) in [7, 11) is 0. The molecule has 0 aromatic heterocycles. The first kappa shape index (κ1) is 8.97. The van der Waals surface area contributed by atoms with E-state index in [1.807, 2.05) is 6.07 Å². The molecule has 1 N–H and O–H groups in total. The molecule has 0 radical (unpaired) electrons. The smallest absolute Gasteiger partial charge is 0.147 e. The van der Waals surface area contributed by atoms with Gasteiger partial charge in [-0.15, -0.1) is 0 Å². The quantitative estimate of drug-likeness (QED) is 0.718. The van der Waals surface area contributed by atoms with Crippen LogP contribution < -0.4 is 4.90 Å². The van der Waals surface area contributed by atoms with Crippen LogP contribution in [-0.2, 0) is 0 Å². The van der Waals surface area contributed by atoms with E-state index >= 15 is 0 Å². The average molecular weight is 192 g/mol. The van der Waals surface area contributed by atoms with Crippen LogP contribution in [0.5, 0.6) is 0 Å². The van der Waals surface area contributed by atoms with Crippen molar-refractivity contribution in [3.05, 3.63) is 29.6 Å². The Kier molecular flexibility index (Phi) is 2.10. The minimum Gasteiger partial charge on any atom is -0.389 e. The Bertz CT molecular complexity index is 394. The van der Waals surface area contributed by atoms with Crippen LogP contribution in [0.3, 0.4) is 0 Å². The molecule has 1 aliphatic rings. The van der Waals surface area contributed by atoms with E-state index in [0.717, 1.165) is 0 Å². The lowest BCUT2D eigenvalue weighted by molar-refractivity contribution is 0.141. The van der Waals surface area contributed by atoms with Gasteiger partial charge in [-0.3, -0.25) is 0 Å². The molecule has 0 bridgehead atoms. The number of halogens is 1. The second-order valence-corrected chi connectivity index (χ2v) is 3.34. The van der Waals surface area contributed by atoms with Crippen molar-refractivity contribution in [3.8, 4) is 6.07 Å². The number of aliphatic hydroxyl groups is 1. The molecule has 0 saturated carbocycles. The summed E-state index contributed by atoms with van der Waals surface area (Å²) >= 11 is 0. The number of rotatable bonds is 1. The van der Waals surface area contributed by atoms with Gasteiger partial charge in [0.25, 0.3) is 0 Å². The Morgan fingerprint density at radius 3 is 2.71 bits per heavy atom. The maximum Gasteiger partial charge on any atom is 0.147 e. The first-order chi connectivity index (χ1) is 6.70. The highest BCUT2D eigenvalue weighted by Crippen LogP contribution is 2.24. The van der Waals surface area contributed by atoms with E-state index in [4.69, 9.17) is 10.4 Å². The molecule has 14 heavy (non-hydrogen) atoms. The molecule has 3 nitrogen and oxygen atoms in total. The minimum atomic E-state index is -0.407. The monoisotopic (exact) mass is 192 g/mol. The van der Waals surface area contributed by atoms with Gasteiger partial charge in [-0.1, -0.05) is 0 Å². The van der Waals surface area contributed by atoms with Crippen molar-refractivity contribution in [1.82, 2.24) is 0 Å². The fourth-order valence-electron chi connectivity index (χ4n) is 1.48. The summed E-state index contributed by atoms with van der Waals surface area (Å²) in [6.07, 6.45) is -0.356. The molecule has 0 amide bonds. The summed E-state index contributed by atoms with van der Waals surface area (Å²) in [6.45, 7) is 0.922. The third-order valence-electron chi connectivity index (χ3n) is 2.28. The summed E-state index contributed by atoms with van der Waals surface area (Å²) < 4.78 is 13.4. The molecule has 1 aromatic rings. The zero-order valence-electron chi connectivity index (χ0n) is 7.44. The van der Waals surface area contributed by atoms with E-state index in [2.05, 4.69) is 0 Å². The Labute approximate surface area is 81.0 Å². The molecule has 1 saturated heterocycles. The van der Waals surface area contributed by atoms with Crippen LogP contribution in [0.2, 0.25) is 0 Å². The molecule has 1 aliphatic heterocycles. The highest BCUT2D eigenvalue weighted by atomic mass is 19.1. The third kappa shape index (κ3) is 1.42. The Morgan fingerprint density at radius 2 is 2.21 bits per heavy atom. The molecule has 1 heterocycles. The first-order valence-electron chi connectivity index (χ1n) is 4.33. The maximum absolute atomic E-state index is 13.4. The van der Waals surface area contributed by atoms with Crippen molar-refractivity contribution in [3.63, 3.8) is 0 Å². The Morgan fingerprint density at radius 1 is 1.50 bits per heavy atom. The van der Waals surface area contributed by atoms with Crippen LogP contribution in [0, 0.1) is 17.1 Å². The van der Waals surface area contributed by atoms with Gasteiger partial charge in [0.15, 0.2) is 0 Å². The molecular weight excluding hydrogens is 183 g/mol. The predicted molar refractivity (Wildman–Crippen MR) is 49.3 cm³/mol. The highest BCUT2D eigenvalue weighted by molar-refractivity contribution is 5.53. The lowest BCUT2D eigenvalue weighted by Crippen LogP contribution is -2.51. The summed E-state index contributed by atoms with van der Waals surface area (Å²) in [4.78, 5) is 1.74. The van der Waals surface area contributed by atoms with Gasteiger partial charge in [-0.05, 0) is 18.2 Å². The lowest BCUT2D eigenvalue weighted by Gasteiger charge is -2.37. The minimum absolute atomic E-state index is 0.312. The number of β-amino-alcohol motifs (C(OH)–C–C–N with tert-alkyl or cyclic N) is 1. The van der Waals surface area contributed by atoms with Crippen molar-refractivity contribution in [2.24, 2.45) is 0 Å².